The Kier molecular flexibility index (Phi) is 5.13. The van der Waals surface area contributed by atoms with Crippen LogP contribution in [-0.2, 0) is 16.1 Å². The maximum Gasteiger partial charge on any atom is 0.224 e. The highest BCUT2D eigenvalue weighted by Gasteiger charge is 2.29. The molecule has 0 unspecified atom stereocenters. The molecule has 28 heavy (non-hydrogen) atoms. The largest absolute Gasteiger partial charge is 0.384 e. The average Bonchev–Trinajstić information content (AvgIpc) is 3.40. The first-order valence-electron chi connectivity index (χ1n) is 9.66. The average molecular weight is 382 g/mol. The third-order valence-corrected chi connectivity index (χ3v) is 5.58. The third kappa shape index (κ3) is 3.40. The molecule has 1 aliphatic rings. The van der Waals surface area contributed by atoms with Gasteiger partial charge < -0.3 is 14.2 Å². The number of rotatable bonds is 6. The van der Waals surface area contributed by atoms with Crippen LogP contribution in [0.3, 0.4) is 0 Å². The van der Waals surface area contributed by atoms with Gasteiger partial charge in [-0.15, -0.1) is 0 Å². The minimum absolute atomic E-state index is 0.155. The molecule has 0 spiro atoms. The summed E-state index contributed by atoms with van der Waals surface area (Å²) in [7, 11) is 1.62. The highest BCUT2D eigenvalue weighted by molar-refractivity contribution is 5.76. The first kappa shape index (κ1) is 18.6. The summed E-state index contributed by atoms with van der Waals surface area (Å²) in [6.45, 7) is 6.68. The highest BCUT2D eigenvalue weighted by Crippen LogP contribution is 2.29. The van der Waals surface area contributed by atoms with Gasteiger partial charge in [-0.25, -0.2) is 14.5 Å². The molecule has 1 aliphatic heterocycles. The fraction of sp³-hybridized carbons (Fsp3) is 0.500. The van der Waals surface area contributed by atoms with E-state index in [0.717, 1.165) is 47.9 Å². The summed E-state index contributed by atoms with van der Waals surface area (Å²) in [6, 6.07) is 2.03. The van der Waals surface area contributed by atoms with Gasteiger partial charge in [0.1, 0.15) is 5.82 Å². The zero-order valence-electron chi connectivity index (χ0n) is 16.6. The summed E-state index contributed by atoms with van der Waals surface area (Å²) in [6.07, 6.45) is 7.01. The van der Waals surface area contributed by atoms with Crippen molar-refractivity contribution in [1.29, 1.82) is 0 Å². The van der Waals surface area contributed by atoms with Crippen molar-refractivity contribution in [3.8, 4) is 0 Å². The van der Waals surface area contributed by atoms with E-state index < -0.39 is 0 Å². The number of carbonyl (C=O) groups is 1. The van der Waals surface area contributed by atoms with Crippen LogP contribution in [0.1, 0.15) is 41.5 Å². The molecule has 3 aromatic rings. The molecule has 148 valence electrons. The molecule has 1 amide bonds. The van der Waals surface area contributed by atoms with Crippen molar-refractivity contribution in [3.63, 3.8) is 0 Å². The van der Waals surface area contributed by atoms with E-state index >= 15 is 0 Å². The van der Waals surface area contributed by atoms with Crippen LogP contribution in [0.25, 0.3) is 5.65 Å². The van der Waals surface area contributed by atoms with E-state index in [1.807, 2.05) is 47.9 Å². The fourth-order valence-corrected chi connectivity index (χ4v) is 3.93. The molecule has 3 aromatic heterocycles. The zero-order chi connectivity index (χ0) is 19.7. The normalized spacial score (nSPS) is 17.0. The van der Waals surface area contributed by atoms with E-state index in [4.69, 9.17) is 9.84 Å². The van der Waals surface area contributed by atoms with Gasteiger partial charge in [0.15, 0.2) is 5.65 Å². The molecule has 0 saturated carbocycles. The van der Waals surface area contributed by atoms with E-state index in [1.54, 1.807) is 7.11 Å². The number of hydrogen-bond acceptors (Lipinski definition) is 5. The number of imidazole rings is 1. The second-order valence-corrected chi connectivity index (χ2v) is 7.34. The maximum atomic E-state index is 12.3. The number of nitrogens with zero attached hydrogens (tertiary/aromatic N) is 6. The predicted octanol–water partition coefficient (Wildman–Crippen LogP) is 1.94. The van der Waals surface area contributed by atoms with Gasteiger partial charge in [0.05, 0.1) is 31.0 Å². The lowest BCUT2D eigenvalue weighted by Gasteiger charge is -2.17. The Hall–Kier alpha value is -2.74. The predicted molar refractivity (Wildman–Crippen MR) is 104 cm³/mol. The van der Waals surface area contributed by atoms with E-state index in [1.165, 1.54) is 0 Å². The molecule has 4 rings (SSSR count). The molecule has 0 aromatic carbocycles. The topological polar surface area (TPSA) is 77.5 Å². The number of aromatic nitrogens is 5. The van der Waals surface area contributed by atoms with Crippen LogP contribution in [0.2, 0.25) is 0 Å². The van der Waals surface area contributed by atoms with Gasteiger partial charge in [-0.1, -0.05) is 0 Å². The van der Waals surface area contributed by atoms with Crippen LogP contribution >= 0.6 is 0 Å². The molecule has 0 N–H and O–H groups in total. The second kappa shape index (κ2) is 7.71. The highest BCUT2D eigenvalue weighted by atomic mass is 16.5. The number of amides is 1. The Morgan fingerprint density at radius 1 is 1.29 bits per heavy atom. The molecule has 0 aliphatic carbocycles. The van der Waals surface area contributed by atoms with Crippen LogP contribution in [-0.4, -0.2) is 61.8 Å². The number of hydrogen-bond donors (Lipinski definition) is 0. The van der Waals surface area contributed by atoms with Crippen molar-refractivity contribution in [1.82, 2.24) is 29.0 Å². The Labute approximate surface area is 164 Å². The van der Waals surface area contributed by atoms with E-state index in [0.29, 0.717) is 19.6 Å². The number of likely N-dealkylation sites (tertiary alicyclic amines) is 1. The van der Waals surface area contributed by atoms with Crippen molar-refractivity contribution in [2.75, 3.05) is 26.8 Å². The number of methoxy groups -OCH3 is 1. The molecule has 0 radical (unpaired) electrons. The Morgan fingerprint density at radius 3 is 2.89 bits per heavy atom. The zero-order valence-corrected chi connectivity index (χ0v) is 16.6. The van der Waals surface area contributed by atoms with Crippen LogP contribution in [0.5, 0.6) is 0 Å². The minimum atomic E-state index is 0.155. The second-order valence-electron chi connectivity index (χ2n) is 7.34. The SMILES string of the molecule is COCCC(=O)N1CC[C@@H](c2ccnc3c(Cn4ccnc4C)c(C)nn23)C1. The summed E-state index contributed by atoms with van der Waals surface area (Å²) in [5.74, 6) is 1.39. The van der Waals surface area contributed by atoms with Crippen molar-refractivity contribution in [2.24, 2.45) is 0 Å². The van der Waals surface area contributed by atoms with Gasteiger partial charge in [-0.05, 0) is 26.3 Å². The van der Waals surface area contributed by atoms with Gasteiger partial charge in [0.2, 0.25) is 5.91 Å². The lowest BCUT2D eigenvalue weighted by Crippen LogP contribution is -2.29. The molecule has 1 atom stereocenters. The van der Waals surface area contributed by atoms with Crippen molar-refractivity contribution in [3.05, 3.63) is 47.4 Å². The minimum Gasteiger partial charge on any atom is -0.384 e. The lowest BCUT2D eigenvalue weighted by molar-refractivity contribution is -0.131. The maximum absolute atomic E-state index is 12.3. The number of carbonyl (C=O) groups excluding carboxylic acids is 1. The Bertz CT molecular complexity index is 992. The summed E-state index contributed by atoms with van der Waals surface area (Å²) in [5.41, 5.74) is 4.07. The van der Waals surface area contributed by atoms with Gasteiger partial charge >= 0.3 is 0 Å². The molecular weight excluding hydrogens is 356 g/mol. The lowest BCUT2D eigenvalue weighted by atomic mass is 10.0. The Balaban J connectivity index is 1.60. The molecule has 1 fully saturated rings. The van der Waals surface area contributed by atoms with Gasteiger partial charge in [0.25, 0.3) is 0 Å². The van der Waals surface area contributed by atoms with Crippen molar-refractivity contribution in [2.45, 2.75) is 39.2 Å². The van der Waals surface area contributed by atoms with E-state index in [9.17, 15) is 4.79 Å². The molecular formula is C20H26N6O2. The van der Waals surface area contributed by atoms with E-state index in [2.05, 4.69) is 14.5 Å². The van der Waals surface area contributed by atoms with Crippen molar-refractivity contribution >= 4 is 11.6 Å². The van der Waals surface area contributed by atoms with Gasteiger partial charge in [-0.3, -0.25) is 4.79 Å². The quantitative estimate of drug-likeness (QED) is 0.651. The molecule has 8 nitrogen and oxygen atoms in total. The first-order valence-corrected chi connectivity index (χ1v) is 9.66. The molecule has 8 heteroatoms. The monoisotopic (exact) mass is 382 g/mol. The summed E-state index contributed by atoms with van der Waals surface area (Å²) >= 11 is 0. The van der Waals surface area contributed by atoms with Gasteiger partial charge in [0, 0.05) is 50.3 Å². The molecule has 4 heterocycles. The number of fused-ring (bicyclic) bond motifs is 1. The fourth-order valence-electron chi connectivity index (χ4n) is 3.93. The number of ether oxygens (including phenoxy) is 1. The van der Waals surface area contributed by atoms with Crippen molar-refractivity contribution < 1.29 is 9.53 Å². The third-order valence-electron chi connectivity index (χ3n) is 5.58. The Morgan fingerprint density at radius 2 is 2.14 bits per heavy atom. The summed E-state index contributed by atoms with van der Waals surface area (Å²) < 4.78 is 9.10. The van der Waals surface area contributed by atoms with Crippen LogP contribution in [0, 0.1) is 13.8 Å². The van der Waals surface area contributed by atoms with Gasteiger partial charge in [-0.2, -0.15) is 5.10 Å². The van der Waals surface area contributed by atoms with E-state index in [-0.39, 0.29) is 11.8 Å². The summed E-state index contributed by atoms with van der Waals surface area (Å²) in [5, 5.41) is 4.78. The first-order chi connectivity index (χ1) is 13.6. The smallest absolute Gasteiger partial charge is 0.224 e. The summed E-state index contributed by atoms with van der Waals surface area (Å²) in [4.78, 5) is 23.2. The van der Waals surface area contributed by atoms with Crippen LogP contribution in [0.4, 0.5) is 0 Å². The molecule has 1 saturated heterocycles. The standard InChI is InChI=1S/C20H26N6O2/c1-14-17(13-24-10-8-21-15(24)2)20-22-7-4-18(26(20)23-14)16-5-9-25(12-16)19(27)6-11-28-3/h4,7-8,10,16H,5-6,9,11-13H2,1-3H3/t16-/m1/s1. The van der Waals surface area contributed by atoms with Crippen LogP contribution < -0.4 is 0 Å². The number of aryl methyl sites for hydroxylation is 2. The molecule has 0 bridgehead atoms. The van der Waals surface area contributed by atoms with Crippen LogP contribution in [0.15, 0.2) is 24.7 Å².